The molecule has 2 N–H and O–H groups in total. The number of benzene rings is 2. The summed E-state index contributed by atoms with van der Waals surface area (Å²) in [5, 5.41) is 6.54. The summed E-state index contributed by atoms with van der Waals surface area (Å²) in [6.45, 7) is 2.97. The predicted molar refractivity (Wildman–Crippen MR) is 122 cm³/mol. The molecule has 0 radical (unpaired) electrons. The summed E-state index contributed by atoms with van der Waals surface area (Å²) >= 11 is 0. The maximum Gasteiger partial charge on any atom is 0.203 e. The van der Waals surface area contributed by atoms with E-state index in [2.05, 4.69) is 15.6 Å². The highest BCUT2D eigenvalue weighted by molar-refractivity contribution is 5.80. The molecular weight excluding hydrogens is 413 g/mol. The van der Waals surface area contributed by atoms with E-state index in [4.69, 9.17) is 18.9 Å². The van der Waals surface area contributed by atoms with E-state index in [1.807, 2.05) is 25.1 Å². The zero-order valence-electron chi connectivity index (χ0n) is 19.3. The van der Waals surface area contributed by atoms with E-state index in [0.29, 0.717) is 48.0 Å². The molecule has 0 heterocycles. The van der Waals surface area contributed by atoms with Gasteiger partial charge >= 0.3 is 0 Å². The molecule has 174 valence electrons. The number of guanidine groups is 1. The molecule has 8 heteroatoms. The van der Waals surface area contributed by atoms with Gasteiger partial charge in [-0.25, -0.2) is 4.39 Å². The number of aliphatic imine (C=N–C) groups is 1. The Kier molecular flexibility index (Phi) is 8.03. The smallest absolute Gasteiger partial charge is 0.203 e. The molecule has 1 aliphatic rings. The summed E-state index contributed by atoms with van der Waals surface area (Å²) in [6, 6.07) is 8.63. The molecule has 0 saturated heterocycles. The Labute approximate surface area is 188 Å². The van der Waals surface area contributed by atoms with Gasteiger partial charge in [0.15, 0.2) is 29.0 Å². The van der Waals surface area contributed by atoms with Crippen LogP contribution in [-0.2, 0) is 6.54 Å². The Balaban J connectivity index is 1.62. The molecule has 0 amide bonds. The highest BCUT2D eigenvalue weighted by Crippen LogP contribution is 2.39. The van der Waals surface area contributed by atoms with Crippen molar-refractivity contribution >= 4 is 5.96 Å². The highest BCUT2D eigenvalue weighted by Gasteiger charge is 2.22. The fraction of sp³-hybridized carbons (Fsp3) is 0.458. The maximum atomic E-state index is 14.5. The van der Waals surface area contributed by atoms with Gasteiger partial charge in [-0.3, -0.25) is 4.99 Å². The number of ether oxygens (including phenoxy) is 4. The van der Waals surface area contributed by atoms with E-state index >= 15 is 0 Å². The van der Waals surface area contributed by atoms with Crippen molar-refractivity contribution in [2.45, 2.75) is 32.4 Å². The quantitative estimate of drug-likeness (QED) is 0.424. The van der Waals surface area contributed by atoms with Crippen LogP contribution in [0.4, 0.5) is 4.39 Å². The molecule has 1 saturated carbocycles. The average Bonchev–Trinajstić information content (AvgIpc) is 3.64. The van der Waals surface area contributed by atoms with Gasteiger partial charge in [0.1, 0.15) is 0 Å². The third-order valence-corrected chi connectivity index (χ3v) is 5.44. The topological polar surface area (TPSA) is 73.3 Å². The van der Waals surface area contributed by atoms with Crippen molar-refractivity contribution in [1.82, 2.24) is 10.6 Å². The summed E-state index contributed by atoms with van der Waals surface area (Å²) in [7, 11) is 6.42. The zero-order chi connectivity index (χ0) is 23.1. The second kappa shape index (κ2) is 10.9. The Morgan fingerprint density at radius 1 is 1.06 bits per heavy atom. The van der Waals surface area contributed by atoms with Crippen LogP contribution in [0.1, 0.15) is 36.9 Å². The first-order valence-electron chi connectivity index (χ1n) is 10.7. The SMILES string of the molecule is CN=C(NCc1ccc(OC)c(OC)c1OC)NC(C)c1ccc(OCC2CC2)c(F)c1. The molecule has 0 spiro atoms. The molecule has 0 aromatic heterocycles. The van der Waals surface area contributed by atoms with Gasteiger partial charge in [-0.2, -0.15) is 0 Å². The molecule has 3 rings (SSSR count). The molecule has 2 aromatic carbocycles. The van der Waals surface area contributed by atoms with E-state index in [-0.39, 0.29) is 11.9 Å². The van der Waals surface area contributed by atoms with Crippen molar-refractivity contribution in [2.75, 3.05) is 35.0 Å². The monoisotopic (exact) mass is 445 g/mol. The third kappa shape index (κ3) is 5.75. The minimum Gasteiger partial charge on any atom is -0.493 e. The number of rotatable bonds is 10. The fourth-order valence-corrected chi connectivity index (χ4v) is 3.36. The number of nitrogens with zero attached hydrogens (tertiary/aromatic N) is 1. The van der Waals surface area contributed by atoms with Gasteiger partial charge in [-0.05, 0) is 55.5 Å². The minimum absolute atomic E-state index is 0.166. The van der Waals surface area contributed by atoms with Crippen molar-refractivity contribution in [3.05, 3.63) is 47.3 Å². The predicted octanol–water partition coefficient (Wildman–Crippen LogP) is 4.07. The summed E-state index contributed by atoms with van der Waals surface area (Å²) < 4.78 is 36.3. The van der Waals surface area contributed by atoms with Crippen LogP contribution in [0.15, 0.2) is 35.3 Å². The van der Waals surface area contributed by atoms with Gasteiger partial charge in [-0.15, -0.1) is 0 Å². The van der Waals surface area contributed by atoms with Crippen molar-refractivity contribution in [1.29, 1.82) is 0 Å². The first kappa shape index (κ1) is 23.5. The Bertz CT molecular complexity index is 947. The Morgan fingerprint density at radius 2 is 1.78 bits per heavy atom. The second-order valence-electron chi connectivity index (χ2n) is 7.73. The van der Waals surface area contributed by atoms with Gasteiger partial charge in [0.25, 0.3) is 0 Å². The molecule has 2 aromatic rings. The highest BCUT2D eigenvalue weighted by atomic mass is 19.1. The van der Waals surface area contributed by atoms with Gasteiger partial charge in [0, 0.05) is 19.2 Å². The molecule has 1 unspecified atom stereocenters. The van der Waals surface area contributed by atoms with Crippen LogP contribution in [0.2, 0.25) is 0 Å². The van der Waals surface area contributed by atoms with Crippen LogP contribution in [-0.4, -0.2) is 40.9 Å². The van der Waals surface area contributed by atoms with Gasteiger partial charge in [-0.1, -0.05) is 6.07 Å². The first-order valence-corrected chi connectivity index (χ1v) is 10.7. The van der Waals surface area contributed by atoms with E-state index in [0.717, 1.165) is 11.1 Å². The van der Waals surface area contributed by atoms with Gasteiger partial charge in [0.05, 0.1) is 34.0 Å². The molecule has 1 atom stereocenters. The molecule has 1 fully saturated rings. The lowest BCUT2D eigenvalue weighted by atomic mass is 10.1. The van der Waals surface area contributed by atoms with E-state index in [1.165, 1.54) is 18.9 Å². The van der Waals surface area contributed by atoms with Crippen LogP contribution < -0.4 is 29.6 Å². The minimum atomic E-state index is -0.352. The lowest BCUT2D eigenvalue weighted by Gasteiger charge is -2.20. The average molecular weight is 446 g/mol. The number of hydrogen-bond acceptors (Lipinski definition) is 5. The van der Waals surface area contributed by atoms with E-state index in [1.54, 1.807) is 34.4 Å². The van der Waals surface area contributed by atoms with Crippen LogP contribution in [0.25, 0.3) is 0 Å². The molecule has 32 heavy (non-hydrogen) atoms. The van der Waals surface area contributed by atoms with Gasteiger partial charge in [0.2, 0.25) is 5.75 Å². The number of methoxy groups -OCH3 is 3. The molecule has 0 aliphatic heterocycles. The summed E-state index contributed by atoms with van der Waals surface area (Å²) in [5.41, 5.74) is 1.68. The molecule has 0 bridgehead atoms. The standard InChI is InChI=1S/C24H32FN3O4/c1-15(17-8-10-20(19(25)12-17)32-14-16-6-7-16)28-24(26-2)27-13-18-9-11-21(29-3)23(31-5)22(18)30-4/h8-12,15-16H,6-7,13-14H2,1-5H3,(H2,26,27,28). The van der Waals surface area contributed by atoms with Crippen molar-refractivity contribution in [3.8, 4) is 23.0 Å². The number of halogens is 1. The Hall–Kier alpha value is -3.16. The summed E-state index contributed by atoms with van der Waals surface area (Å²) in [5.74, 6) is 2.82. The summed E-state index contributed by atoms with van der Waals surface area (Å²) in [6.07, 6.45) is 2.34. The summed E-state index contributed by atoms with van der Waals surface area (Å²) in [4.78, 5) is 4.28. The second-order valence-corrected chi connectivity index (χ2v) is 7.73. The third-order valence-electron chi connectivity index (χ3n) is 5.44. The maximum absolute atomic E-state index is 14.5. The van der Waals surface area contributed by atoms with Crippen LogP contribution in [0.3, 0.4) is 0 Å². The van der Waals surface area contributed by atoms with Crippen molar-refractivity contribution < 1.29 is 23.3 Å². The number of hydrogen-bond donors (Lipinski definition) is 2. The van der Waals surface area contributed by atoms with Crippen molar-refractivity contribution in [2.24, 2.45) is 10.9 Å². The zero-order valence-corrected chi connectivity index (χ0v) is 19.3. The largest absolute Gasteiger partial charge is 0.493 e. The van der Waals surface area contributed by atoms with Gasteiger partial charge < -0.3 is 29.6 Å². The van der Waals surface area contributed by atoms with Crippen LogP contribution >= 0.6 is 0 Å². The molecular formula is C24H32FN3O4. The lowest BCUT2D eigenvalue weighted by Crippen LogP contribution is -2.38. The first-order chi connectivity index (χ1) is 15.5. The Morgan fingerprint density at radius 3 is 2.38 bits per heavy atom. The number of nitrogens with one attached hydrogen (secondary N) is 2. The molecule has 1 aliphatic carbocycles. The van der Waals surface area contributed by atoms with Crippen LogP contribution in [0, 0.1) is 11.7 Å². The lowest BCUT2D eigenvalue weighted by molar-refractivity contribution is 0.285. The fourth-order valence-electron chi connectivity index (χ4n) is 3.36. The van der Waals surface area contributed by atoms with Crippen molar-refractivity contribution in [3.63, 3.8) is 0 Å². The van der Waals surface area contributed by atoms with E-state index < -0.39 is 0 Å². The van der Waals surface area contributed by atoms with Crippen LogP contribution in [0.5, 0.6) is 23.0 Å². The normalized spacial score (nSPS) is 14.5. The molecule has 7 nitrogen and oxygen atoms in total. The van der Waals surface area contributed by atoms with E-state index in [9.17, 15) is 4.39 Å².